The van der Waals surface area contributed by atoms with Gasteiger partial charge in [0.05, 0.1) is 9.52 Å². The van der Waals surface area contributed by atoms with Gasteiger partial charge in [-0.2, -0.15) is 0 Å². The smallest absolute Gasteiger partial charge is 0.397 e. The van der Waals surface area contributed by atoms with Gasteiger partial charge in [-0.15, -0.1) is 0 Å². The summed E-state index contributed by atoms with van der Waals surface area (Å²) in [4.78, 5) is 5.05. The van der Waals surface area contributed by atoms with Crippen molar-refractivity contribution in [1.82, 2.24) is 15.1 Å². The molecule has 0 aromatic rings. The lowest BCUT2D eigenvalue weighted by atomic mass is 10.1. The summed E-state index contributed by atoms with van der Waals surface area (Å²) >= 11 is 0. The lowest BCUT2D eigenvalue weighted by Crippen LogP contribution is -2.44. The first-order valence-electron chi connectivity index (χ1n) is 12.9. The third-order valence-electron chi connectivity index (χ3n) is 6.94. The average Bonchev–Trinajstić information content (AvgIpc) is 2.85. The summed E-state index contributed by atoms with van der Waals surface area (Å²) in [6, 6.07) is 0.823. The molecule has 1 N–H and O–H groups in total. The van der Waals surface area contributed by atoms with E-state index in [0.717, 1.165) is 34.7 Å². The average molecular weight is 535 g/mol. The molecule has 0 aliphatic carbocycles. The van der Waals surface area contributed by atoms with Crippen LogP contribution in [0.25, 0.3) is 0 Å². The zero-order valence-corrected chi connectivity index (χ0v) is 26.0. The molecule has 3 radical (unpaired) electrons. The third-order valence-corrected chi connectivity index (χ3v) is 14.3. The van der Waals surface area contributed by atoms with Gasteiger partial charge in [-0.1, -0.05) is 32.6 Å². The normalized spacial score (nSPS) is 18.0. The molecule has 0 saturated carbocycles. The molecule has 0 bridgehead atoms. The number of likely N-dealkylation sites (N-methyl/N-ethyl adjacent to an activating group) is 1. The summed E-state index contributed by atoms with van der Waals surface area (Å²) in [5.41, 5.74) is 0. The van der Waals surface area contributed by atoms with E-state index in [9.17, 15) is 0 Å². The second-order valence-corrected chi connectivity index (χ2v) is 17.3. The first-order chi connectivity index (χ1) is 16.4. The molecule has 34 heavy (non-hydrogen) atoms. The van der Waals surface area contributed by atoms with Crippen molar-refractivity contribution in [3.63, 3.8) is 0 Å². The first kappa shape index (κ1) is 32.4. The molecule has 0 amide bonds. The third kappa shape index (κ3) is 12.0. The van der Waals surface area contributed by atoms with Gasteiger partial charge < -0.3 is 37.2 Å². The van der Waals surface area contributed by atoms with E-state index >= 15 is 0 Å². The molecule has 1 heterocycles. The van der Waals surface area contributed by atoms with Crippen molar-refractivity contribution in [2.24, 2.45) is 0 Å². The van der Waals surface area contributed by atoms with Gasteiger partial charge in [-0.25, -0.2) is 0 Å². The minimum Gasteiger partial charge on any atom is -0.397 e. The van der Waals surface area contributed by atoms with E-state index in [2.05, 4.69) is 29.1 Å². The monoisotopic (exact) mass is 534 g/mol. The lowest BCUT2D eigenvalue weighted by molar-refractivity contribution is 0.123. The van der Waals surface area contributed by atoms with Gasteiger partial charge in [0.15, 0.2) is 0 Å². The standard InChI is InChI=1S/C23H52N3O5Si3/c1-23(33(27-3)28-4,32-22-24-15-13-21-34(29-5,30-6)31-7)14-11-9-8-10-12-16-26-19-17-25(2)18-20-26/h24H,8-22H2,1-7H3. The van der Waals surface area contributed by atoms with Crippen molar-refractivity contribution < 1.29 is 22.1 Å². The van der Waals surface area contributed by atoms with E-state index in [1.165, 1.54) is 71.2 Å². The van der Waals surface area contributed by atoms with Crippen molar-refractivity contribution in [3.8, 4) is 0 Å². The Labute approximate surface area is 215 Å². The fraction of sp³-hybridized carbons (Fsp3) is 1.00. The molecule has 0 aromatic heterocycles. The summed E-state index contributed by atoms with van der Waals surface area (Å²) in [6.07, 6.45) is 9.70. The van der Waals surface area contributed by atoms with Crippen LogP contribution >= 0.6 is 0 Å². The predicted octanol–water partition coefficient (Wildman–Crippen LogP) is 2.59. The largest absolute Gasteiger partial charge is 0.500 e. The Morgan fingerprint density at radius 1 is 0.853 bits per heavy atom. The van der Waals surface area contributed by atoms with E-state index in [1.807, 2.05) is 0 Å². The van der Waals surface area contributed by atoms with Crippen LogP contribution in [0, 0.1) is 0 Å². The predicted molar refractivity (Wildman–Crippen MR) is 145 cm³/mol. The highest BCUT2D eigenvalue weighted by molar-refractivity contribution is 6.66. The van der Waals surface area contributed by atoms with Gasteiger partial charge >= 0.3 is 18.1 Å². The van der Waals surface area contributed by atoms with E-state index < -0.39 is 18.1 Å². The molecule has 201 valence electrons. The number of piperazine rings is 1. The summed E-state index contributed by atoms with van der Waals surface area (Å²) in [5.74, 6) is 0. The van der Waals surface area contributed by atoms with Gasteiger partial charge in [0.1, 0.15) is 0 Å². The Morgan fingerprint density at radius 2 is 1.44 bits per heavy atom. The minimum atomic E-state index is -2.47. The van der Waals surface area contributed by atoms with E-state index in [1.54, 1.807) is 35.5 Å². The van der Waals surface area contributed by atoms with Gasteiger partial charge in [-0.05, 0) is 45.6 Å². The summed E-state index contributed by atoms with van der Waals surface area (Å²) in [7, 11) is 7.86. The van der Waals surface area contributed by atoms with Crippen LogP contribution in [0.1, 0.15) is 51.9 Å². The molecular weight excluding hydrogens is 483 g/mol. The van der Waals surface area contributed by atoms with E-state index in [0.29, 0.717) is 0 Å². The van der Waals surface area contributed by atoms with Crippen molar-refractivity contribution in [2.45, 2.75) is 62.6 Å². The number of nitrogens with one attached hydrogen (secondary N) is 1. The highest BCUT2D eigenvalue weighted by Gasteiger charge is 2.39. The highest BCUT2D eigenvalue weighted by atomic mass is 28.4. The van der Waals surface area contributed by atoms with Crippen LogP contribution in [0.2, 0.25) is 10.7 Å². The van der Waals surface area contributed by atoms with Gasteiger partial charge in [0.25, 0.3) is 0 Å². The number of hydrogen-bond acceptors (Lipinski definition) is 8. The topological polar surface area (TPSA) is 64.7 Å². The zero-order chi connectivity index (χ0) is 25.3. The molecule has 1 atom stereocenters. The lowest BCUT2D eigenvalue weighted by Gasteiger charge is -2.33. The zero-order valence-electron chi connectivity index (χ0n) is 23.0. The molecule has 0 aromatic carbocycles. The Morgan fingerprint density at radius 3 is 2.03 bits per heavy atom. The number of nitrogens with zero attached hydrogens (tertiary/aromatic N) is 2. The Bertz CT molecular complexity index is 488. The fourth-order valence-corrected chi connectivity index (χ4v) is 10.2. The quantitative estimate of drug-likeness (QED) is 0.178. The van der Waals surface area contributed by atoms with E-state index in [4.69, 9.17) is 22.1 Å². The summed E-state index contributed by atoms with van der Waals surface area (Å²) in [5, 5.41) is 3.61. The second-order valence-electron chi connectivity index (χ2n) is 9.44. The van der Waals surface area contributed by atoms with Crippen molar-refractivity contribution in [2.75, 3.05) is 88.0 Å². The molecule has 0 spiro atoms. The summed E-state index contributed by atoms with van der Waals surface area (Å²) < 4.78 is 28.3. The Hall–Kier alpha value is 0.331. The molecule has 1 aliphatic heterocycles. The maximum absolute atomic E-state index is 5.81. The van der Waals surface area contributed by atoms with Crippen LogP contribution in [0.4, 0.5) is 0 Å². The number of hydrogen-bond donors (Lipinski definition) is 1. The number of unbranched alkanes of at least 4 members (excludes halogenated alkanes) is 4. The van der Waals surface area contributed by atoms with Crippen LogP contribution in [0.5, 0.6) is 0 Å². The molecule has 1 aliphatic rings. The van der Waals surface area contributed by atoms with Gasteiger partial charge in [-0.3, -0.25) is 0 Å². The number of rotatable bonds is 21. The Kier molecular flexibility index (Phi) is 17.7. The van der Waals surface area contributed by atoms with Crippen molar-refractivity contribution in [3.05, 3.63) is 0 Å². The van der Waals surface area contributed by atoms with Crippen molar-refractivity contribution >= 4 is 27.6 Å². The van der Waals surface area contributed by atoms with E-state index in [-0.39, 0.29) is 4.66 Å². The van der Waals surface area contributed by atoms with Crippen LogP contribution in [0.3, 0.4) is 0 Å². The molecule has 11 heteroatoms. The fourth-order valence-electron chi connectivity index (χ4n) is 4.54. The molecule has 1 saturated heterocycles. The van der Waals surface area contributed by atoms with Crippen LogP contribution in [-0.4, -0.2) is 125 Å². The molecular formula is C23H52N3O5Si3. The van der Waals surface area contributed by atoms with Gasteiger partial charge in [0, 0.05) is 72.4 Å². The molecule has 1 fully saturated rings. The minimum absolute atomic E-state index is 0.130. The molecule has 1 unspecified atom stereocenters. The first-order valence-corrected chi connectivity index (χ1v) is 17.3. The maximum atomic E-state index is 5.81. The molecule has 1 rings (SSSR count). The van der Waals surface area contributed by atoms with Crippen molar-refractivity contribution in [1.29, 1.82) is 0 Å². The van der Waals surface area contributed by atoms with Gasteiger partial charge in [0.2, 0.25) is 0 Å². The molecule has 8 nitrogen and oxygen atoms in total. The van der Waals surface area contributed by atoms with Crippen LogP contribution < -0.4 is 5.32 Å². The maximum Gasteiger partial charge on any atom is 0.500 e. The SMILES string of the molecule is CO[Si](OC)C(C)(CCCCCCCN1CCN(C)CC1)[Si]CNCCC[Si](OC)(OC)OC. The summed E-state index contributed by atoms with van der Waals surface area (Å²) in [6.45, 7) is 9.46. The van der Waals surface area contributed by atoms with Crippen LogP contribution in [0.15, 0.2) is 0 Å². The van der Waals surface area contributed by atoms with Crippen LogP contribution in [-0.2, 0) is 22.1 Å². The highest BCUT2D eigenvalue weighted by Crippen LogP contribution is 2.35. The Balaban J connectivity index is 2.26. The second kappa shape index (κ2) is 18.6.